The van der Waals surface area contributed by atoms with Gasteiger partial charge in [0.1, 0.15) is 6.61 Å². The molecule has 0 bridgehead atoms. The first-order valence-corrected chi connectivity index (χ1v) is 13.0. The van der Waals surface area contributed by atoms with Crippen molar-refractivity contribution in [1.29, 1.82) is 0 Å². The molecule has 7 heteroatoms. The molecule has 0 N–H and O–H groups in total. The summed E-state index contributed by atoms with van der Waals surface area (Å²) in [5.41, 5.74) is 4.06. The molecule has 2 heterocycles. The number of hydrogen-bond donors (Lipinski definition) is 0. The molecule has 5 rings (SSSR count). The largest absolute Gasteiger partial charge is 0.444 e. The topological polar surface area (TPSA) is 66.9 Å². The predicted molar refractivity (Wildman–Crippen MR) is 130 cm³/mol. The lowest BCUT2D eigenvalue weighted by Gasteiger charge is -2.39. The van der Waals surface area contributed by atoms with Gasteiger partial charge in [0, 0.05) is 24.7 Å². The van der Waals surface area contributed by atoms with Crippen LogP contribution in [0.4, 0.5) is 10.5 Å². The fourth-order valence-electron chi connectivity index (χ4n) is 4.98. The van der Waals surface area contributed by atoms with E-state index >= 15 is 0 Å². The maximum atomic E-state index is 13.1. The zero-order valence-electron chi connectivity index (χ0n) is 18.7. The van der Waals surface area contributed by atoms with Gasteiger partial charge in [0.15, 0.2) is 0 Å². The number of carbonyl (C=O) groups excluding carboxylic acids is 1. The van der Waals surface area contributed by atoms with Crippen LogP contribution in [0.5, 0.6) is 0 Å². The Morgan fingerprint density at radius 2 is 1.76 bits per heavy atom. The van der Waals surface area contributed by atoms with E-state index in [0.29, 0.717) is 32.4 Å². The molecule has 2 aliphatic heterocycles. The van der Waals surface area contributed by atoms with Crippen molar-refractivity contribution in [2.24, 2.45) is 0 Å². The molecular formula is C26H28N2O4S. The van der Waals surface area contributed by atoms with Crippen molar-refractivity contribution in [1.82, 2.24) is 4.31 Å². The highest BCUT2D eigenvalue weighted by atomic mass is 32.2. The number of amides is 1. The number of sulfonamides is 1. The lowest BCUT2D eigenvalue weighted by molar-refractivity contribution is 0.135. The summed E-state index contributed by atoms with van der Waals surface area (Å²) in [4.78, 5) is 14.3. The summed E-state index contributed by atoms with van der Waals surface area (Å²) in [6, 6.07) is 20.0. The van der Waals surface area contributed by atoms with Gasteiger partial charge in [-0.25, -0.2) is 17.5 Å². The Kier molecular flexibility index (Phi) is 5.85. The first kappa shape index (κ1) is 21.9. The maximum Gasteiger partial charge on any atom is 0.414 e. The summed E-state index contributed by atoms with van der Waals surface area (Å²) in [5, 5.41) is 2.23. The fraction of sp³-hybridized carbons (Fsp3) is 0.346. The van der Waals surface area contributed by atoms with Crippen molar-refractivity contribution in [3.05, 3.63) is 77.4 Å². The summed E-state index contributed by atoms with van der Waals surface area (Å²) >= 11 is 0. The Morgan fingerprint density at radius 1 is 1.00 bits per heavy atom. The molecule has 1 amide bonds. The van der Waals surface area contributed by atoms with Gasteiger partial charge >= 0.3 is 6.09 Å². The number of hydrogen-bond acceptors (Lipinski definition) is 4. The van der Waals surface area contributed by atoms with E-state index in [1.54, 1.807) is 9.21 Å². The number of aryl methyl sites for hydroxylation is 2. The molecule has 0 unspecified atom stereocenters. The lowest BCUT2D eigenvalue weighted by Crippen LogP contribution is -2.50. The Balaban J connectivity index is 1.26. The molecule has 172 valence electrons. The van der Waals surface area contributed by atoms with Crippen LogP contribution in [0, 0.1) is 6.92 Å². The van der Waals surface area contributed by atoms with Crippen LogP contribution in [-0.2, 0) is 27.8 Å². The van der Waals surface area contributed by atoms with Crippen molar-refractivity contribution < 1.29 is 17.9 Å². The number of rotatable bonds is 5. The van der Waals surface area contributed by atoms with Crippen molar-refractivity contribution >= 4 is 32.6 Å². The Morgan fingerprint density at radius 3 is 2.58 bits per heavy atom. The number of fused-ring (bicyclic) bond motifs is 2. The van der Waals surface area contributed by atoms with E-state index < -0.39 is 10.0 Å². The van der Waals surface area contributed by atoms with Crippen LogP contribution < -0.4 is 4.90 Å². The maximum absolute atomic E-state index is 13.1. The summed E-state index contributed by atoms with van der Waals surface area (Å²) in [7, 11) is -3.39. The molecule has 0 spiro atoms. The highest BCUT2D eigenvalue weighted by Crippen LogP contribution is 2.33. The molecule has 33 heavy (non-hydrogen) atoms. The molecule has 0 atom stereocenters. The van der Waals surface area contributed by atoms with E-state index in [9.17, 15) is 13.2 Å². The summed E-state index contributed by atoms with van der Waals surface area (Å²) < 4.78 is 33.2. The number of carbonyl (C=O) groups is 1. The molecule has 1 saturated heterocycles. The standard InChI is InChI=1S/C26H28N2O4S/c1-19-9-10-25-22(17-19)18-32-26(29)28(25)23-11-14-27(15-12-23)33(30,31)16-13-21-7-4-6-20-5-2-3-8-24(20)21/h2-10,17,23H,11-16,18H2,1H3. The van der Waals surface area contributed by atoms with Crippen LogP contribution in [0.15, 0.2) is 60.7 Å². The third-order valence-electron chi connectivity index (χ3n) is 6.73. The second-order valence-electron chi connectivity index (χ2n) is 8.89. The minimum Gasteiger partial charge on any atom is -0.444 e. The van der Waals surface area contributed by atoms with Gasteiger partial charge in [0.05, 0.1) is 11.4 Å². The van der Waals surface area contributed by atoms with Crippen LogP contribution >= 0.6 is 0 Å². The third kappa shape index (κ3) is 4.35. The van der Waals surface area contributed by atoms with E-state index in [-0.39, 0.29) is 24.5 Å². The Hall–Kier alpha value is -2.90. The molecular weight excluding hydrogens is 436 g/mol. The zero-order valence-corrected chi connectivity index (χ0v) is 19.6. The van der Waals surface area contributed by atoms with Gasteiger partial charge in [0.2, 0.25) is 10.0 Å². The third-order valence-corrected chi connectivity index (χ3v) is 8.61. The van der Waals surface area contributed by atoms with Crippen LogP contribution in [0.3, 0.4) is 0 Å². The van der Waals surface area contributed by atoms with Crippen molar-refractivity contribution in [3.8, 4) is 0 Å². The Bertz CT molecular complexity index is 1290. The minimum absolute atomic E-state index is 0.0660. The Labute approximate surface area is 194 Å². The number of anilines is 1. The van der Waals surface area contributed by atoms with E-state index in [2.05, 4.69) is 0 Å². The van der Waals surface area contributed by atoms with Crippen molar-refractivity contribution in [2.45, 2.75) is 38.8 Å². The average Bonchev–Trinajstić information content (AvgIpc) is 2.83. The minimum atomic E-state index is -3.39. The van der Waals surface area contributed by atoms with Gasteiger partial charge in [-0.05, 0) is 48.6 Å². The normalized spacial score (nSPS) is 17.7. The second-order valence-corrected chi connectivity index (χ2v) is 11.0. The summed E-state index contributed by atoms with van der Waals surface area (Å²) in [5.74, 6) is 0.0829. The summed E-state index contributed by atoms with van der Waals surface area (Å²) in [6.45, 7) is 3.12. The number of cyclic esters (lactones) is 1. The smallest absolute Gasteiger partial charge is 0.414 e. The van der Waals surface area contributed by atoms with E-state index in [0.717, 1.165) is 33.2 Å². The number of nitrogens with zero attached hydrogens (tertiary/aromatic N) is 2. The SMILES string of the molecule is Cc1ccc2c(c1)COC(=O)N2C1CCN(S(=O)(=O)CCc2cccc3ccccc23)CC1. The highest BCUT2D eigenvalue weighted by molar-refractivity contribution is 7.89. The molecule has 3 aromatic rings. The molecule has 1 fully saturated rings. The molecule has 6 nitrogen and oxygen atoms in total. The fourth-order valence-corrected chi connectivity index (χ4v) is 6.48. The van der Waals surface area contributed by atoms with Crippen LogP contribution in [0.1, 0.15) is 29.5 Å². The second kappa shape index (κ2) is 8.80. The van der Waals surface area contributed by atoms with E-state index in [4.69, 9.17) is 4.74 Å². The first-order chi connectivity index (χ1) is 15.9. The molecule has 0 radical (unpaired) electrons. The number of ether oxygens (including phenoxy) is 1. The monoisotopic (exact) mass is 464 g/mol. The van der Waals surface area contributed by atoms with Gasteiger partial charge in [-0.1, -0.05) is 60.2 Å². The molecule has 0 aromatic heterocycles. The van der Waals surface area contributed by atoms with Crippen molar-refractivity contribution in [3.63, 3.8) is 0 Å². The number of benzene rings is 3. The van der Waals surface area contributed by atoms with Gasteiger partial charge in [-0.2, -0.15) is 0 Å². The van der Waals surface area contributed by atoms with Crippen LogP contribution in [0.2, 0.25) is 0 Å². The predicted octanol–water partition coefficient (Wildman–Crippen LogP) is 4.64. The number of piperidine rings is 1. The molecule has 0 aliphatic carbocycles. The quantitative estimate of drug-likeness (QED) is 0.552. The van der Waals surface area contributed by atoms with E-state index in [1.165, 1.54) is 0 Å². The van der Waals surface area contributed by atoms with Crippen molar-refractivity contribution in [2.75, 3.05) is 23.7 Å². The van der Waals surface area contributed by atoms with Crippen LogP contribution in [0.25, 0.3) is 10.8 Å². The van der Waals surface area contributed by atoms with Gasteiger partial charge in [-0.15, -0.1) is 0 Å². The average molecular weight is 465 g/mol. The first-order valence-electron chi connectivity index (χ1n) is 11.4. The van der Waals surface area contributed by atoms with Gasteiger partial charge < -0.3 is 4.74 Å². The zero-order chi connectivity index (χ0) is 23.0. The highest BCUT2D eigenvalue weighted by Gasteiger charge is 2.36. The molecule has 0 saturated carbocycles. The van der Waals surface area contributed by atoms with Gasteiger partial charge in [0.25, 0.3) is 0 Å². The molecule has 2 aliphatic rings. The summed E-state index contributed by atoms with van der Waals surface area (Å²) in [6.07, 6.45) is 1.32. The lowest BCUT2D eigenvalue weighted by atomic mass is 10.0. The van der Waals surface area contributed by atoms with Crippen LogP contribution in [-0.4, -0.2) is 43.7 Å². The van der Waals surface area contributed by atoms with E-state index in [1.807, 2.05) is 67.6 Å². The molecule has 3 aromatic carbocycles. The van der Waals surface area contributed by atoms with Gasteiger partial charge in [-0.3, -0.25) is 4.90 Å².